The van der Waals surface area contributed by atoms with Crippen molar-refractivity contribution < 1.29 is 4.79 Å². The molecule has 2 heterocycles. The number of anilines is 1. The summed E-state index contributed by atoms with van der Waals surface area (Å²) < 4.78 is 2.13. The lowest BCUT2D eigenvalue weighted by atomic mass is 10.2. The number of thiazole rings is 1. The smallest absolute Gasteiger partial charge is 0.236 e. The molecule has 1 aromatic carbocycles. The summed E-state index contributed by atoms with van der Waals surface area (Å²) in [6, 6.07) is 10.2. The minimum atomic E-state index is -0.0683. The Kier molecular flexibility index (Phi) is 5.32. The average molecular weight is 358 g/mol. The summed E-state index contributed by atoms with van der Waals surface area (Å²) in [4.78, 5) is 21.8. The highest BCUT2D eigenvalue weighted by Crippen LogP contribution is 2.26. The van der Waals surface area contributed by atoms with Crippen molar-refractivity contribution >= 4 is 34.1 Å². The van der Waals surface area contributed by atoms with Crippen molar-refractivity contribution in [3.8, 4) is 11.3 Å². The summed E-state index contributed by atoms with van der Waals surface area (Å²) in [5, 5.41) is 4.31. The Labute approximate surface area is 149 Å². The van der Waals surface area contributed by atoms with Gasteiger partial charge in [-0.05, 0) is 19.4 Å². The number of aryl methyl sites for hydroxylation is 1. The number of amides is 1. The summed E-state index contributed by atoms with van der Waals surface area (Å²) in [6.45, 7) is 4.85. The highest BCUT2D eigenvalue weighted by Gasteiger charge is 2.13. The molecule has 0 bridgehead atoms. The standard InChI is InChI=1S/C17H18N4OS2/c1-3-21-14(13-7-5-4-6-8-13)10-19-17(21)23-11-15(22)20-16-18-9-12(2)24-16/h4-10H,3,11H2,1-2H3,(H,18,20,22). The summed E-state index contributed by atoms with van der Waals surface area (Å²) in [5.41, 5.74) is 2.19. The van der Waals surface area contributed by atoms with Gasteiger partial charge in [0.15, 0.2) is 10.3 Å². The van der Waals surface area contributed by atoms with Gasteiger partial charge in [0.25, 0.3) is 0 Å². The Hall–Kier alpha value is -2.12. The second-order valence-electron chi connectivity index (χ2n) is 5.15. The third-order valence-electron chi connectivity index (χ3n) is 3.40. The molecule has 1 N–H and O–H groups in total. The lowest BCUT2D eigenvalue weighted by Crippen LogP contribution is -2.14. The van der Waals surface area contributed by atoms with Crippen LogP contribution in [0.2, 0.25) is 0 Å². The molecule has 2 aromatic heterocycles. The maximum absolute atomic E-state index is 12.1. The Morgan fingerprint density at radius 3 is 2.71 bits per heavy atom. The average Bonchev–Trinajstić information content (AvgIpc) is 3.19. The SMILES string of the molecule is CCn1c(-c2ccccc2)cnc1SCC(=O)Nc1ncc(C)s1. The molecule has 0 aliphatic heterocycles. The maximum atomic E-state index is 12.1. The zero-order valence-electron chi connectivity index (χ0n) is 13.5. The van der Waals surface area contributed by atoms with Crippen LogP contribution in [0.5, 0.6) is 0 Å². The van der Waals surface area contributed by atoms with Crippen molar-refractivity contribution in [1.82, 2.24) is 14.5 Å². The van der Waals surface area contributed by atoms with Crippen LogP contribution in [0.3, 0.4) is 0 Å². The number of thioether (sulfide) groups is 1. The van der Waals surface area contributed by atoms with Gasteiger partial charge in [0.2, 0.25) is 5.91 Å². The summed E-state index contributed by atoms with van der Waals surface area (Å²) in [6.07, 6.45) is 3.62. The number of hydrogen-bond donors (Lipinski definition) is 1. The Morgan fingerprint density at radius 2 is 2.04 bits per heavy atom. The number of carbonyl (C=O) groups is 1. The largest absolute Gasteiger partial charge is 0.319 e. The molecule has 0 saturated heterocycles. The summed E-state index contributed by atoms with van der Waals surface area (Å²) in [7, 11) is 0. The van der Waals surface area contributed by atoms with E-state index < -0.39 is 0 Å². The highest BCUT2D eigenvalue weighted by atomic mass is 32.2. The van der Waals surface area contributed by atoms with Crippen molar-refractivity contribution in [3.05, 3.63) is 47.6 Å². The third-order valence-corrected chi connectivity index (χ3v) is 5.22. The number of aromatic nitrogens is 3. The van der Waals surface area contributed by atoms with Crippen LogP contribution < -0.4 is 5.32 Å². The van der Waals surface area contributed by atoms with Gasteiger partial charge < -0.3 is 9.88 Å². The van der Waals surface area contributed by atoms with E-state index in [0.717, 1.165) is 27.8 Å². The fourth-order valence-corrected chi connectivity index (χ4v) is 3.84. The molecule has 0 atom stereocenters. The monoisotopic (exact) mass is 358 g/mol. The van der Waals surface area contributed by atoms with E-state index in [9.17, 15) is 4.79 Å². The van der Waals surface area contributed by atoms with Crippen LogP contribution in [0.15, 0.2) is 47.9 Å². The Bertz CT molecular complexity index is 826. The molecule has 0 aliphatic rings. The summed E-state index contributed by atoms with van der Waals surface area (Å²) >= 11 is 2.91. The van der Waals surface area contributed by atoms with E-state index in [4.69, 9.17) is 0 Å². The van der Waals surface area contributed by atoms with Crippen LogP contribution in [0.4, 0.5) is 5.13 Å². The molecular weight excluding hydrogens is 340 g/mol. The molecule has 0 aliphatic carbocycles. The minimum absolute atomic E-state index is 0.0683. The topological polar surface area (TPSA) is 59.8 Å². The molecule has 5 nitrogen and oxygen atoms in total. The molecule has 0 fully saturated rings. The van der Waals surface area contributed by atoms with E-state index in [2.05, 4.69) is 38.9 Å². The quantitative estimate of drug-likeness (QED) is 0.675. The maximum Gasteiger partial charge on any atom is 0.236 e. The van der Waals surface area contributed by atoms with E-state index in [-0.39, 0.29) is 5.91 Å². The molecular formula is C17H18N4OS2. The van der Waals surface area contributed by atoms with Gasteiger partial charge in [0, 0.05) is 17.6 Å². The number of benzene rings is 1. The fraction of sp³-hybridized carbons (Fsp3) is 0.235. The van der Waals surface area contributed by atoms with Gasteiger partial charge in [0.1, 0.15) is 0 Å². The van der Waals surface area contributed by atoms with E-state index in [1.54, 1.807) is 6.20 Å². The number of carbonyl (C=O) groups excluding carboxylic acids is 1. The van der Waals surface area contributed by atoms with Crippen LogP contribution in [-0.4, -0.2) is 26.2 Å². The first-order chi connectivity index (χ1) is 11.7. The molecule has 1 amide bonds. The van der Waals surface area contributed by atoms with Gasteiger partial charge in [-0.1, -0.05) is 42.1 Å². The zero-order chi connectivity index (χ0) is 16.9. The number of rotatable bonds is 6. The highest BCUT2D eigenvalue weighted by molar-refractivity contribution is 7.99. The molecule has 124 valence electrons. The Balaban J connectivity index is 1.67. The number of hydrogen-bond acceptors (Lipinski definition) is 5. The van der Waals surface area contributed by atoms with Gasteiger partial charge in [0.05, 0.1) is 17.6 Å². The lowest BCUT2D eigenvalue weighted by Gasteiger charge is -2.09. The number of nitrogens with one attached hydrogen (secondary N) is 1. The normalized spacial score (nSPS) is 10.8. The molecule has 0 unspecified atom stereocenters. The molecule has 7 heteroatoms. The molecule has 0 saturated carbocycles. The molecule has 0 spiro atoms. The second kappa shape index (κ2) is 7.63. The number of nitrogens with zero attached hydrogens (tertiary/aromatic N) is 3. The van der Waals surface area contributed by atoms with Crippen molar-refractivity contribution in [1.29, 1.82) is 0 Å². The van der Waals surface area contributed by atoms with E-state index in [1.807, 2.05) is 31.3 Å². The fourth-order valence-electron chi connectivity index (χ4n) is 2.32. The number of imidazole rings is 1. The first kappa shape index (κ1) is 16.7. The molecule has 3 aromatic rings. The second-order valence-corrected chi connectivity index (χ2v) is 7.33. The van der Waals surface area contributed by atoms with Crippen molar-refractivity contribution in [2.45, 2.75) is 25.5 Å². The van der Waals surface area contributed by atoms with Crippen LogP contribution in [0, 0.1) is 6.92 Å². The first-order valence-corrected chi connectivity index (χ1v) is 9.43. The Morgan fingerprint density at radius 1 is 1.25 bits per heavy atom. The molecule has 0 radical (unpaired) electrons. The zero-order valence-corrected chi connectivity index (χ0v) is 15.2. The van der Waals surface area contributed by atoms with E-state index >= 15 is 0 Å². The van der Waals surface area contributed by atoms with Gasteiger partial charge in [-0.3, -0.25) is 4.79 Å². The summed E-state index contributed by atoms with van der Waals surface area (Å²) in [5.74, 6) is 0.241. The first-order valence-electron chi connectivity index (χ1n) is 7.63. The van der Waals surface area contributed by atoms with Crippen molar-refractivity contribution in [3.63, 3.8) is 0 Å². The van der Waals surface area contributed by atoms with Crippen molar-refractivity contribution in [2.24, 2.45) is 0 Å². The van der Waals surface area contributed by atoms with E-state index in [0.29, 0.717) is 10.9 Å². The van der Waals surface area contributed by atoms with Crippen LogP contribution in [0.25, 0.3) is 11.3 Å². The predicted molar refractivity (Wildman–Crippen MR) is 99.5 cm³/mol. The molecule has 3 rings (SSSR count). The lowest BCUT2D eigenvalue weighted by molar-refractivity contribution is -0.113. The predicted octanol–water partition coefficient (Wildman–Crippen LogP) is 4.07. The van der Waals surface area contributed by atoms with Gasteiger partial charge >= 0.3 is 0 Å². The van der Waals surface area contributed by atoms with Crippen LogP contribution in [0.1, 0.15) is 11.8 Å². The van der Waals surface area contributed by atoms with Crippen LogP contribution in [-0.2, 0) is 11.3 Å². The van der Waals surface area contributed by atoms with Crippen LogP contribution >= 0.6 is 23.1 Å². The third kappa shape index (κ3) is 3.85. The van der Waals surface area contributed by atoms with Gasteiger partial charge in [-0.2, -0.15) is 0 Å². The van der Waals surface area contributed by atoms with Gasteiger partial charge in [-0.15, -0.1) is 11.3 Å². The molecule has 24 heavy (non-hydrogen) atoms. The minimum Gasteiger partial charge on any atom is -0.319 e. The van der Waals surface area contributed by atoms with E-state index in [1.165, 1.54) is 23.1 Å². The van der Waals surface area contributed by atoms with Crippen molar-refractivity contribution in [2.75, 3.05) is 11.1 Å². The van der Waals surface area contributed by atoms with Gasteiger partial charge in [-0.25, -0.2) is 9.97 Å².